The molecular formula is C24H29ClN4O2. The van der Waals surface area contributed by atoms with E-state index in [1.165, 1.54) is 5.56 Å². The largest absolute Gasteiger partial charge is 0.494 e. The van der Waals surface area contributed by atoms with Crippen LogP contribution in [0, 0.1) is 6.92 Å². The van der Waals surface area contributed by atoms with Gasteiger partial charge in [-0.25, -0.2) is 4.98 Å². The number of imidazole rings is 1. The molecule has 1 aliphatic heterocycles. The smallest absolute Gasteiger partial charge is 0.227 e. The maximum atomic E-state index is 12.7. The van der Waals surface area contributed by atoms with E-state index in [0.717, 1.165) is 36.0 Å². The number of nitrogens with zero attached hydrogens (tertiary/aromatic N) is 4. The number of ether oxygens (including phenoxy) is 1. The van der Waals surface area contributed by atoms with E-state index in [2.05, 4.69) is 45.6 Å². The molecule has 6 nitrogen and oxygen atoms in total. The van der Waals surface area contributed by atoms with Gasteiger partial charge in [-0.3, -0.25) is 9.36 Å². The minimum absolute atomic E-state index is 0. The minimum Gasteiger partial charge on any atom is -0.494 e. The van der Waals surface area contributed by atoms with Crippen LogP contribution in [0.25, 0.3) is 5.69 Å². The molecule has 2 heterocycles. The van der Waals surface area contributed by atoms with Gasteiger partial charge in [-0.1, -0.05) is 29.8 Å². The molecule has 7 heteroatoms. The molecule has 4 rings (SSSR count). The fourth-order valence-corrected chi connectivity index (χ4v) is 3.75. The molecule has 0 radical (unpaired) electrons. The second-order valence-corrected chi connectivity index (χ2v) is 7.55. The van der Waals surface area contributed by atoms with Crippen LogP contribution in [0.15, 0.2) is 60.9 Å². The Morgan fingerprint density at radius 2 is 1.68 bits per heavy atom. The standard InChI is InChI=1S/C24H28N4O2.ClH/c1-3-30-22-10-6-20(7-11-22)18-23(29)26-14-16-27(17-15-26)24-25-12-13-28(24)21-8-4-19(2)5-9-21;/h4-13H,3,14-18H2,1-2H3;1H. The third-order valence-corrected chi connectivity index (χ3v) is 5.44. The van der Waals surface area contributed by atoms with Crippen LogP contribution in [0.4, 0.5) is 5.95 Å². The quantitative estimate of drug-likeness (QED) is 0.583. The predicted molar refractivity (Wildman–Crippen MR) is 126 cm³/mol. The monoisotopic (exact) mass is 440 g/mol. The van der Waals surface area contributed by atoms with E-state index in [-0.39, 0.29) is 18.3 Å². The lowest BCUT2D eigenvalue weighted by atomic mass is 10.1. The van der Waals surface area contributed by atoms with Crippen LogP contribution in [-0.4, -0.2) is 53.1 Å². The van der Waals surface area contributed by atoms with Crippen LogP contribution in [0.5, 0.6) is 5.75 Å². The maximum Gasteiger partial charge on any atom is 0.227 e. The fraction of sp³-hybridized carbons (Fsp3) is 0.333. The number of piperazine rings is 1. The van der Waals surface area contributed by atoms with Gasteiger partial charge in [0.05, 0.1) is 13.0 Å². The number of aryl methyl sites for hydroxylation is 1. The van der Waals surface area contributed by atoms with Crippen molar-refractivity contribution in [3.8, 4) is 11.4 Å². The van der Waals surface area contributed by atoms with Gasteiger partial charge in [-0.05, 0) is 43.7 Å². The average molecular weight is 441 g/mol. The van der Waals surface area contributed by atoms with E-state index >= 15 is 0 Å². The van der Waals surface area contributed by atoms with Crippen LogP contribution < -0.4 is 9.64 Å². The number of rotatable bonds is 6. The van der Waals surface area contributed by atoms with Gasteiger partial charge < -0.3 is 14.5 Å². The van der Waals surface area contributed by atoms with E-state index < -0.39 is 0 Å². The second kappa shape index (κ2) is 10.4. The van der Waals surface area contributed by atoms with Crippen molar-refractivity contribution in [3.05, 3.63) is 72.1 Å². The zero-order valence-corrected chi connectivity index (χ0v) is 18.8. The number of carbonyl (C=O) groups is 1. The Labute approximate surface area is 189 Å². The lowest BCUT2D eigenvalue weighted by Crippen LogP contribution is -2.49. The normalized spacial score (nSPS) is 13.6. The van der Waals surface area contributed by atoms with E-state index in [4.69, 9.17) is 4.74 Å². The molecule has 2 aromatic carbocycles. The summed E-state index contributed by atoms with van der Waals surface area (Å²) in [6.45, 7) is 7.65. The lowest BCUT2D eigenvalue weighted by molar-refractivity contribution is -0.130. The Kier molecular flexibility index (Phi) is 7.58. The van der Waals surface area contributed by atoms with Crippen molar-refractivity contribution in [3.63, 3.8) is 0 Å². The predicted octanol–water partition coefficient (Wildman–Crippen LogP) is 3.89. The summed E-state index contributed by atoms with van der Waals surface area (Å²) in [6, 6.07) is 16.2. The van der Waals surface area contributed by atoms with Gasteiger partial charge in [0.25, 0.3) is 0 Å². The van der Waals surface area contributed by atoms with Crippen molar-refractivity contribution in [2.24, 2.45) is 0 Å². The molecule has 0 unspecified atom stereocenters. The van der Waals surface area contributed by atoms with Gasteiger partial charge in [0, 0.05) is 44.3 Å². The van der Waals surface area contributed by atoms with E-state index in [9.17, 15) is 4.79 Å². The summed E-state index contributed by atoms with van der Waals surface area (Å²) in [7, 11) is 0. The highest BCUT2D eigenvalue weighted by Gasteiger charge is 2.23. The lowest BCUT2D eigenvalue weighted by Gasteiger charge is -2.35. The first-order chi connectivity index (χ1) is 14.6. The molecule has 3 aromatic rings. The molecule has 0 saturated carbocycles. The van der Waals surface area contributed by atoms with Gasteiger partial charge in [-0.15, -0.1) is 12.4 Å². The molecule has 1 fully saturated rings. The summed E-state index contributed by atoms with van der Waals surface area (Å²) in [5.41, 5.74) is 3.35. The Bertz CT molecular complexity index is 978. The number of aromatic nitrogens is 2. The van der Waals surface area contributed by atoms with Crippen molar-refractivity contribution in [2.75, 3.05) is 37.7 Å². The first kappa shape index (κ1) is 22.7. The number of anilines is 1. The molecule has 0 spiro atoms. The van der Waals surface area contributed by atoms with Crippen molar-refractivity contribution >= 4 is 24.3 Å². The zero-order chi connectivity index (χ0) is 20.9. The third kappa shape index (κ3) is 5.39. The van der Waals surface area contributed by atoms with Crippen molar-refractivity contribution in [1.29, 1.82) is 0 Å². The average Bonchev–Trinajstić information content (AvgIpc) is 3.26. The van der Waals surface area contributed by atoms with Crippen LogP contribution in [0.1, 0.15) is 18.1 Å². The van der Waals surface area contributed by atoms with Gasteiger partial charge in [-0.2, -0.15) is 0 Å². The molecule has 1 amide bonds. The topological polar surface area (TPSA) is 50.6 Å². The highest BCUT2D eigenvalue weighted by molar-refractivity contribution is 5.85. The number of hydrogen-bond donors (Lipinski definition) is 0. The Hall–Kier alpha value is -2.99. The van der Waals surface area contributed by atoms with E-state index in [0.29, 0.717) is 26.1 Å². The van der Waals surface area contributed by atoms with E-state index in [1.54, 1.807) is 0 Å². The number of halogens is 1. The summed E-state index contributed by atoms with van der Waals surface area (Å²) in [4.78, 5) is 21.5. The highest BCUT2D eigenvalue weighted by Crippen LogP contribution is 2.20. The van der Waals surface area contributed by atoms with Crippen molar-refractivity contribution in [1.82, 2.24) is 14.5 Å². The van der Waals surface area contributed by atoms with Crippen molar-refractivity contribution < 1.29 is 9.53 Å². The Morgan fingerprint density at radius 3 is 2.32 bits per heavy atom. The molecule has 1 saturated heterocycles. The Balaban J connectivity index is 0.00000272. The molecule has 0 atom stereocenters. The highest BCUT2D eigenvalue weighted by atomic mass is 35.5. The number of benzene rings is 2. The molecule has 0 bridgehead atoms. The zero-order valence-electron chi connectivity index (χ0n) is 18.0. The van der Waals surface area contributed by atoms with Gasteiger partial charge in [0.2, 0.25) is 11.9 Å². The third-order valence-electron chi connectivity index (χ3n) is 5.44. The molecule has 0 aliphatic carbocycles. The van der Waals surface area contributed by atoms with E-state index in [1.807, 2.05) is 48.5 Å². The number of amides is 1. The Morgan fingerprint density at radius 1 is 1.00 bits per heavy atom. The molecule has 31 heavy (non-hydrogen) atoms. The van der Waals surface area contributed by atoms with Gasteiger partial charge in [0.15, 0.2) is 0 Å². The molecule has 1 aliphatic rings. The fourth-order valence-electron chi connectivity index (χ4n) is 3.75. The first-order valence-corrected chi connectivity index (χ1v) is 10.5. The van der Waals surface area contributed by atoms with Gasteiger partial charge >= 0.3 is 0 Å². The maximum absolute atomic E-state index is 12.7. The minimum atomic E-state index is 0. The van der Waals surface area contributed by atoms with Crippen LogP contribution in [0.3, 0.4) is 0 Å². The summed E-state index contributed by atoms with van der Waals surface area (Å²) >= 11 is 0. The van der Waals surface area contributed by atoms with Crippen molar-refractivity contribution in [2.45, 2.75) is 20.3 Å². The van der Waals surface area contributed by atoms with Crippen LogP contribution >= 0.6 is 12.4 Å². The number of carbonyl (C=O) groups excluding carboxylic acids is 1. The molecular weight excluding hydrogens is 412 g/mol. The molecule has 1 aromatic heterocycles. The first-order valence-electron chi connectivity index (χ1n) is 10.5. The summed E-state index contributed by atoms with van der Waals surface area (Å²) < 4.78 is 7.58. The molecule has 0 N–H and O–H groups in total. The van der Waals surface area contributed by atoms with Crippen LogP contribution in [0.2, 0.25) is 0 Å². The van der Waals surface area contributed by atoms with Gasteiger partial charge in [0.1, 0.15) is 5.75 Å². The SMILES string of the molecule is CCOc1ccc(CC(=O)N2CCN(c3nccn3-c3ccc(C)cc3)CC2)cc1.Cl. The number of hydrogen-bond acceptors (Lipinski definition) is 4. The molecule has 164 valence electrons. The summed E-state index contributed by atoms with van der Waals surface area (Å²) in [5, 5.41) is 0. The summed E-state index contributed by atoms with van der Waals surface area (Å²) in [6.07, 6.45) is 4.24. The second-order valence-electron chi connectivity index (χ2n) is 7.55. The van der Waals surface area contributed by atoms with Crippen LogP contribution in [-0.2, 0) is 11.2 Å². The summed E-state index contributed by atoms with van der Waals surface area (Å²) in [5.74, 6) is 1.93.